The molecule has 19 heavy (non-hydrogen) atoms. The normalized spacial score (nSPS) is 23.5. The SMILES string of the molecule is COc1cc(C(=O)N2CCCC(C)(CO)C2)sc1Br. The standard InChI is InChI=1S/C13H18BrNO3S/c1-13(8-16)4-3-5-15(7-13)12(17)10-6-9(18-2)11(14)19-10/h6,16H,3-5,7-8H2,1-2H3. The van der Waals surface area contributed by atoms with Gasteiger partial charge in [-0.3, -0.25) is 4.79 Å². The summed E-state index contributed by atoms with van der Waals surface area (Å²) in [6.45, 7) is 3.51. The Hall–Kier alpha value is -0.590. The van der Waals surface area contributed by atoms with Gasteiger partial charge in [-0.15, -0.1) is 11.3 Å². The summed E-state index contributed by atoms with van der Waals surface area (Å²) in [6.07, 6.45) is 1.90. The first-order valence-electron chi connectivity index (χ1n) is 6.22. The van der Waals surface area contributed by atoms with Crippen molar-refractivity contribution in [2.75, 3.05) is 26.8 Å². The molecule has 0 aliphatic carbocycles. The van der Waals surface area contributed by atoms with E-state index >= 15 is 0 Å². The number of piperidine rings is 1. The smallest absolute Gasteiger partial charge is 0.264 e. The lowest BCUT2D eigenvalue weighted by atomic mass is 9.83. The number of nitrogens with zero attached hydrogens (tertiary/aromatic N) is 1. The number of hydrogen-bond donors (Lipinski definition) is 1. The highest BCUT2D eigenvalue weighted by atomic mass is 79.9. The molecule has 0 saturated carbocycles. The largest absolute Gasteiger partial charge is 0.495 e. The van der Waals surface area contributed by atoms with E-state index < -0.39 is 0 Å². The lowest BCUT2D eigenvalue weighted by Crippen LogP contribution is -2.46. The highest BCUT2D eigenvalue weighted by Crippen LogP contribution is 2.36. The number of carbonyl (C=O) groups is 1. The summed E-state index contributed by atoms with van der Waals surface area (Å²) < 4.78 is 6.01. The molecule has 0 bridgehead atoms. The molecule has 1 saturated heterocycles. The number of carbonyl (C=O) groups excluding carboxylic acids is 1. The van der Waals surface area contributed by atoms with Crippen LogP contribution in [0.4, 0.5) is 0 Å². The first kappa shape index (κ1) is 14.8. The summed E-state index contributed by atoms with van der Waals surface area (Å²) in [4.78, 5) is 15.0. The van der Waals surface area contributed by atoms with Crippen LogP contribution in [0.25, 0.3) is 0 Å². The van der Waals surface area contributed by atoms with Crippen molar-refractivity contribution in [3.63, 3.8) is 0 Å². The van der Waals surface area contributed by atoms with Crippen LogP contribution in [-0.4, -0.2) is 42.7 Å². The first-order valence-corrected chi connectivity index (χ1v) is 7.83. The Morgan fingerprint density at radius 3 is 3.00 bits per heavy atom. The average Bonchev–Trinajstić information content (AvgIpc) is 2.79. The second kappa shape index (κ2) is 5.81. The van der Waals surface area contributed by atoms with E-state index in [0.717, 1.165) is 23.2 Å². The maximum atomic E-state index is 12.5. The predicted molar refractivity (Wildman–Crippen MR) is 78.9 cm³/mol. The van der Waals surface area contributed by atoms with Gasteiger partial charge in [0.15, 0.2) is 0 Å². The maximum Gasteiger partial charge on any atom is 0.264 e. The third-order valence-corrected chi connectivity index (χ3v) is 5.31. The first-order chi connectivity index (χ1) is 8.99. The maximum absolute atomic E-state index is 12.5. The van der Waals surface area contributed by atoms with Gasteiger partial charge in [0.25, 0.3) is 5.91 Å². The van der Waals surface area contributed by atoms with E-state index in [1.54, 1.807) is 13.2 Å². The molecule has 1 aliphatic heterocycles. The van der Waals surface area contributed by atoms with E-state index in [1.807, 2.05) is 11.8 Å². The van der Waals surface area contributed by atoms with Crippen LogP contribution in [-0.2, 0) is 0 Å². The van der Waals surface area contributed by atoms with Crippen molar-refractivity contribution in [2.24, 2.45) is 5.41 Å². The molecule has 2 heterocycles. The van der Waals surface area contributed by atoms with E-state index in [1.165, 1.54) is 11.3 Å². The summed E-state index contributed by atoms with van der Waals surface area (Å²) in [7, 11) is 1.59. The van der Waals surface area contributed by atoms with Crippen molar-refractivity contribution in [3.8, 4) is 5.75 Å². The second-order valence-corrected chi connectivity index (χ2v) is 7.62. The molecule has 0 radical (unpaired) electrons. The van der Waals surface area contributed by atoms with Crippen LogP contribution in [0.5, 0.6) is 5.75 Å². The molecular formula is C13H18BrNO3S. The van der Waals surface area contributed by atoms with E-state index in [2.05, 4.69) is 15.9 Å². The summed E-state index contributed by atoms with van der Waals surface area (Å²) >= 11 is 4.77. The zero-order chi connectivity index (χ0) is 14.0. The number of halogens is 1. The molecule has 0 aromatic carbocycles. The fraction of sp³-hybridized carbons (Fsp3) is 0.615. The molecule has 0 spiro atoms. The number of aliphatic hydroxyl groups excluding tert-OH is 1. The van der Waals surface area contributed by atoms with Crippen molar-refractivity contribution >= 4 is 33.2 Å². The molecule has 2 rings (SSSR count). The molecule has 1 atom stereocenters. The van der Waals surface area contributed by atoms with Crippen LogP contribution in [0.15, 0.2) is 9.85 Å². The summed E-state index contributed by atoms with van der Waals surface area (Å²) in [5.41, 5.74) is -0.174. The van der Waals surface area contributed by atoms with Crippen LogP contribution >= 0.6 is 27.3 Å². The van der Waals surface area contributed by atoms with Crippen LogP contribution < -0.4 is 4.74 Å². The average molecular weight is 348 g/mol. The second-order valence-electron chi connectivity index (χ2n) is 5.25. The molecule has 106 valence electrons. The molecule has 1 aromatic rings. The molecule has 6 heteroatoms. The van der Waals surface area contributed by atoms with Gasteiger partial charge in [0.1, 0.15) is 9.54 Å². The van der Waals surface area contributed by atoms with Crippen LogP contribution in [0.3, 0.4) is 0 Å². The van der Waals surface area contributed by atoms with Crippen molar-refractivity contribution < 1.29 is 14.6 Å². The minimum Gasteiger partial charge on any atom is -0.495 e. The molecule has 1 N–H and O–H groups in total. The Labute approximate surface area is 125 Å². The number of likely N-dealkylation sites (tertiary alicyclic amines) is 1. The third kappa shape index (κ3) is 3.12. The van der Waals surface area contributed by atoms with Crippen LogP contribution in [0.2, 0.25) is 0 Å². The zero-order valence-electron chi connectivity index (χ0n) is 11.1. The lowest BCUT2D eigenvalue weighted by Gasteiger charge is -2.39. The molecule has 4 nitrogen and oxygen atoms in total. The van der Waals surface area contributed by atoms with E-state index in [0.29, 0.717) is 17.2 Å². The van der Waals surface area contributed by atoms with Crippen molar-refractivity contribution in [1.29, 1.82) is 0 Å². The highest BCUT2D eigenvalue weighted by Gasteiger charge is 2.33. The number of rotatable bonds is 3. The molecule has 1 aromatic heterocycles. The van der Waals surface area contributed by atoms with Crippen molar-refractivity contribution in [1.82, 2.24) is 4.90 Å². The topological polar surface area (TPSA) is 49.8 Å². The monoisotopic (exact) mass is 347 g/mol. The van der Waals surface area contributed by atoms with Gasteiger partial charge in [-0.05, 0) is 28.8 Å². The minimum absolute atomic E-state index is 0.0216. The number of amides is 1. The number of aliphatic hydroxyl groups is 1. The van der Waals surface area contributed by atoms with Gasteiger partial charge in [0.05, 0.1) is 18.6 Å². The van der Waals surface area contributed by atoms with Gasteiger partial charge < -0.3 is 14.7 Å². The fourth-order valence-electron chi connectivity index (χ4n) is 2.37. The number of ether oxygens (including phenoxy) is 1. The van der Waals surface area contributed by atoms with Gasteiger partial charge in [-0.2, -0.15) is 0 Å². The molecule has 1 aliphatic rings. The third-order valence-electron chi connectivity index (χ3n) is 3.54. The number of methoxy groups -OCH3 is 1. The quantitative estimate of drug-likeness (QED) is 0.914. The minimum atomic E-state index is -0.174. The lowest BCUT2D eigenvalue weighted by molar-refractivity contribution is 0.0361. The van der Waals surface area contributed by atoms with Gasteiger partial charge in [0.2, 0.25) is 0 Å². The highest BCUT2D eigenvalue weighted by molar-refractivity contribution is 9.11. The Bertz CT molecular complexity index is 476. The Kier molecular flexibility index (Phi) is 4.53. The number of hydrogen-bond acceptors (Lipinski definition) is 4. The van der Waals surface area contributed by atoms with Crippen molar-refractivity contribution in [3.05, 3.63) is 14.7 Å². The van der Waals surface area contributed by atoms with Gasteiger partial charge in [-0.25, -0.2) is 0 Å². The Morgan fingerprint density at radius 1 is 1.68 bits per heavy atom. The van der Waals surface area contributed by atoms with Crippen LogP contribution in [0, 0.1) is 5.41 Å². The Balaban J connectivity index is 2.14. The van der Waals surface area contributed by atoms with E-state index in [9.17, 15) is 9.90 Å². The van der Waals surface area contributed by atoms with E-state index in [4.69, 9.17) is 4.74 Å². The van der Waals surface area contributed by atoms with Gasteiger partial charge in [0, 0.05) is 24.6 Å². The van der Waals surface area contributed by atoms with E-state index in [-0.39, 0.29) is 17.9 Å². The van der Waals surface area contributed by atoms with Crippen LogP contribution in [0.1, 0.15) is 29.4 Å². The number of thiophene rings is 1. The molecular weight excluding hydrogens is 330 g/mol. The summed E-state index contributed by atoms with van der Waals surface area (Å²) in [6, 6.07) is 1.77. The molecule has 1 fully saturated rings. The summed E-state index contributed by atoms with van der Waals surface area (Å²) in [5, 5.41) is 9.44. The fourth-order valence-corrected chi connectivity index (χ4v) is 3.99. The summed E-state index contributed by atoms with van der Waals surface area (Å²) in [5.74, 6) is 0.712. The zero-order valence-corrected chi connectivity index (χ0v) is 13.5. The molecule has 1 unspecified atom stereocenters. The van der Waals surface area contributed by atoms with Crippen molar-refractivity contribution in [2.45, 2.75) is 19.8 Å². The Morgan fingerprint density at radius 2 is 2.42 bits per heavy atom. The van der Waals surface area contributed by atoms with Gasteiger partial charge >= 0.3 is 0 Å². The molecule has 1 amide bonds. The predicted octanol–water partition coefficient (Wildman–Crippen LogP) is 2.75. The van der Waals surface area contributed by atoms with Gasteiger partial charge in [-0.1, -0.05) is 6.92 Å².